The molecule has 0 aliphatic carbocycles. The second-order valence-corrected chi connectivity index (χ2v) is 8.58. The number of hydrogen-bond donors (Lipinski definition) is 1. The molecule has 20 heavy (non-hydrogen) atoms. The Morgan fingerprint density at radius 1 is 1.55 bits per heavy atom. The van der Waals surface area contributed by atoms with Crippen LogP contribution in [0.2, 0.25) is 0 Å². The third-order valence-corrected chi connectivity index (χ3v) is 6.01. The van der Waals surface area contributed by atoms with E-state index in [1.165, 1.54) is 32.7 Å². The molecule has 0 spiro atoms. The Bertz CT molecular complexity index is 680. The summed E-state index contributed by atoms with van der Waals surface area (Å²) in [5, 5.41) is 5.92. The van der Waals surface area contributed by atoms with E-state index >= 15 is 0 Å². The molecule has 0 aliphatic heterocycles. The van der Waals surface area contributed by atoms with Crippen molar-refractivity contribution in [2.45, 2.75) is 18.0 Å². The monoisotopic (exact) mass is 378 g/mol. The van der Waals surface area contributed by atoms with Gasteiger partial charge in [-0.3, -0.25) is 4.68 Å². The minimum absolute atomic E-state index is 0.183. The summed E-state index contributed by atoms with van der Waals surface area (Å²) >= 11 is 4.89. The van der Waals surface area contributed by atoms with Crippen LogP contribution in [-0.4, -0.2) is 36.1 Å². The lowest BCUT2D eigenvalue weighted by Crippen LogP contribution is -2.26. The van der Waals surface area contributed by atoms with E-state index in [1.807, 2.05) is 11.4 Å². The topological polar surface area (TPSA) is 81.2 Å². The summed E-state index contributed by atoms with van der Waals surface area (Å²) in [6, 6.07) is 1.91. The van der Waals surface area contributed by atoms with Gasteiger partial charge in [0.1, 0.15) is 4.90 Å². The average molecular weight is 379 g/mol. The van der Waals surface area contributed by atoms with E-state index in [4.69, 9.17) is 5.73 Å². The lowest BCUT2D eigenvalue weighted by molar-refractivity contribution is 0.467. The van der Waals surface area contributed by atoms with Gasteiger partial charge in [0.15, 0.2) is 0 Å². The van der Waals surface area contributed by atoms with Gasteiger partial charge in [-0.05, 0) is 32.9 Å². The van der Waals surface area contributed by atoms with E-state index in [2.05, 4.69) is 21.0 Å². The predicted molar refractivity (Wildman–Crippen MR) is 82.0 cm³/mol. The molecule has 0 aromatic carbocycles. The third kappa shape index (κ3) is 3.47. The summed E-state index contributed by atoms with van der Waals surface area (Å²) in [7, 11) is -1.97. The fraction of sp³-hybridized carbons (Fsp3) is 0.364. The van der Waals surface area contributed by atoms with Gasteiger partial charge in [0.25, 0.3) is 0 Å². The maximum atomic E-state index is 12.4. The Hall–Kier alpha value is -0.740. The molecule has 0 atom stereocenters. The molecule has 0 aliphatic rings. The van der Waals surface area contributed by atoms with Gasteiger partial charge in [0.05, 0.1) is 16.5 Å². The molecule has 2 aromatic rings. The maximum absolute atomic E-state index is 12.4. The van der Waals surface area contributed by atoms with Gasteiger partial charge >= 0.3 is 0 Å². The van der Waals surface area contributed by atoms with Gasteiger partial charge < -0.3 is 5.73 Å². The minimum Gasteiger partial charge on any atom is -0.329 e. The lowest BCUT2D eigenvalue weighted by Gasteiger charge is -2.15. The zero-order valence-electron chi connectivity index (χ0n) is 10.9. The molecule has 0 amide bonds. The van der Waals surface area contributed by atoms with Crippen LogP contribution >= 0.6 is 27.3 Å². The minimum atomic E-state index is -3.53. The quantitative estimate of drug-likeness (QED) is 0.825. The first kappa shape index (κ1) is 15.6. The number of hydrogen-bond acceptors (Lipinski definition) is 5. The Labute approximate surface area is 130 Å². The van der Waals surface area contributed by atoms with Gasteiger partial charge in [-0.2, -0.15) is 9.40 Å². The van der Waals surface area contributed by atoms with Crippen LogP contribution < -0.4 is 5.73 Å². The fourth-order valence-electron chi connectivity index (χ4n) is 1.68. The van der Waals surface area contributed by atoms with Crippen molar-refractivity contribution in [2.24, 2.45) is 5.73 Å². The van der Waals surface area contributed by atoms with Crippen LogP contribution in [0.4, 0.5) is 0 Å². The van der Waals surface area contributed by atoms with Gasteiger partial charge in [0, 0.05) is 26.3 Å². The molecule has 2 N–H and O–H groups in total. The highest BCUT2D eigenvalue weighted by Crippen LogP contribution is 2.23. The van der Waals surface area contributed by atoms with E-state index in [0.29, 0.717) is 19.6 Å². The summed E-state index contributed by atoms with van der Waals surface area (Å²) in [4.78, 5) is 0.183. The SMILES string of the molecule is CN(Cc1csc(Br)c1)S(=O)(=O)c1cnn(CCN)c1. The first-order chi connectivity index (χ1) is 9.43. The molecule has 0 unspecified atom stereocenters. The molecule has 6 nitrogen and oxygen atoms in total. The molecule has 110 valence electrons. The summed E-state index contributed by atoms with van der Waals surface area (Å²) in [5.41, 5.74) is 6.37. The van der Waals surface area contributed by atoms with E-state index in [-0.39, 0.29) is 4.90 Å². The largest absolute Gasteiger partial charge is 0.329 e. The summed E-state index contributed by atoms with van der Waals surface area (Å²) in [5.74, 6) is 0. The Morgan fingerprint density at radius 3 is 2.90 bits per heavy atom. The van der Waals surface area contributed by atoms with Crippen molar-refractivity contribution in [3.8, 4) is 0 Å². The van der Waals surface area contributed by atoms with Crippen molar-refractivity contribution < 1.29 is 8.42 Å². The molecule has 0 saturated carbocycles. The molecule has 2 rings (SSSR count). The van der Waals surface area contributed by atoms with Crippen LogP contribution in [-0.2, 0) is 23.1 Å². The normalized spacial score (nSPS) is 12.2. The molecule has 9 heteroatoms. The number of rotatable bonds is 6. The van der Waals surface area contributed by atoms with E-state index in [9.17, 15) is 8.42 Å². The molecule has 2 aromatic heterocycles. The third-order valence-electron chi connectivity index (χ3n) is 2.70. The standard InChI is InChI=1S/C11H15BrN4O2S2/c1-15(6-9-4-11(12)19-8-9)20(17,18)10-5-14-16(7-10)3-2-13/h4-5,7-8H,2-3,6,13H2,1H3. The van der Waals surface area contributed by atoms with Crippen molar-refractivity contribution in [1.29, 1.82) is 0 Å². The first-order valence-corrected chi connectivity index (χ1v) is 8.96. The summed E-state index contributed by atoms with van der Waals surface area (Å²) in [6.45, 7) is 1.24. The van der Waals surface area contributed by atoms with Gasteiger partial charge in [-0.25, -0.2) is 8.42 Å². The number of thiophene rings is 1. The predicted octanol–water partition coefficient (Wildman–Crippen LogP) is 1.49. The second-order valence-electron chi connectivity index (χ2n) is 4.25. The van der Waals surface area contributed by atoms with Gasteiger partial charge in [-0.1, -0.05) is 0 Å². The molecule has 0 fully saturated rings. The van der Waals surface area contributed by atoms with Crippen molar-refractivity contribution in [3.63, 3.8) is 0 Å². The summed E-state index contributed by atoms with van der Waals surface area (Å²) < 4.78 is 28.6. The van der Waals surface area contributed by atoms with Gasteiger partial charge in [-0.15, -0.1) is 11.3 Å². The number of halogens is 1. The van der Waals surface area contributed by atoms with Crippen LogP contribution in [0.3, 0.4) is 0 Å². The van der Waals surface area contributed by atoms with Crippen LogP contribution in [0.15, 0.2) is 32.5 Å². The molecule has 0 bridgehead atoms. The average Bonchev–Trinajstić information content (AvgIpc) is 2.99. The summed E-state index contributed by atoms with van der Waals surface area (Å²) in [6.07, 6.45) is 2.85. The number of sulfonamides is 1. The van der Waals surface area contributed by atoms with Crippen molar-refractivity contribution >= 4 is 37.3 Å². The van der Waals surface area contributed by atoms with Crippen molar-refractivity contribution in [3.05, 3.63) is 33.2 Å². The Kier molecular flexibility index (Phi) is 4.97. The highest BCUT2D eigenvalue weighted by Gasteiger charge is 2.23. The smallest absolute Gasteiger partial charge is 0.246 e. The molecular formula is C11H15BrN4O2S2. The van der Waals surface area contributed by atoms with E-state index in [0.717, 1.165) is 9.35 Å². The van der Waals surface area contributed by atoms with Crippen molar-refractivity contribution in [2.75, 3.05) is 13.6 Å². The molecule has 0 saturated heterocycles. The van der Waals surface area contributed by atoms with Gasteiger partial charge in [0.2, 0.25) is 10.0 Å². The molecule has 2 heterocycles. The maximum Gasteiger partial charge on any atom is 0.246 e. The fourth-order valence-corrected chi connectivity index (χ4v) is 4.00. The second kappa shape index (κ2) is 6.35. The number of aromatic nitrogens is 2. The highest BCUT2D eigenvalue weighted by atomic mass is 79.9. The molecular weight excluding hydrogens is 364 g/mol. The Morgan fingerprint density at radius 2 is 2.30 bits per heavy atom. The zero-order chi connectivity index (χ0) is 14.8. The van der Waals surface area contributed by atoms with E-state index < -0.39 is 10.0 Å². The van der Waals surface area contributed by atoms with Crippen LogP contribution in [0, 0.1) is 0 Å². The van der Waals surface area contributed by atoms with Crippen LogP contribution in [0.5, 0.6) is 0 Å². The first-order valence-electron chi connectivity index (χ1n) is 5.85. The zero-order valence-corrected chi connectivity index (χ0v) is 14.1. The van der Waals surface area contributed by atoms with E-state index in [1.54, 1.807) is 7.05 Å². The van der Waals surface area contributed by atoms with Crippen LogP contribution in [0.1, 0.15) is 5.56 Å². The number of nitrogens with two attached hydrogens (primary N) is 1. The molecule has 0 radical (unpaired) electrons. The highest BCUT2D eigenvalue weighted by molar-refractivity contribution is 9.11. The Balaban J connectivity index is 2.15. The number of nitrogens with zero attached hydrogens (tertiary/aromatic N) is 3. The van der Waals surface area contributed by atoms with Crippen molar-refractivity contribution in [1.82, 2.24) is 14.1 Å². The lowest BCUT2D eigenvalue weighted by atomic mass is 10.3. The van der Waals surface area contributed by atoms with Crippen LogP contribution in [0.25, 0.3) is 0 Å².